The van der Waals surface area contributed by atoms with Crippen molar-refractivity contribution in [3.05, 3.63) is 66.8 Å². The summed E-state index contributed by atoms with van der Waals surface area (Å²) < 4.78 is 35.0. The Morgan fingerprint density at radius 3 is 1.34 bits per heavy atom. The fourth-order valence-corrected chi connectivity index (χ4v) is 15.7. The Kier molecular flexibility index (Phi) is 26.4. The van der Waals surface area contributed by atoms with E-state index in [9.17, 15) is 8.78 Å². The number of halogens is 2. The number of hydrogen-bond acceptors (Lipinski definition) is 1. The molecular weight excluding hydrogens is 871 g/mol. The molecule has 71 heavy (non-hydrogen) atoms. The fraction of sp³-hybridized carbons (Fsp3) is 0.794. The maximum atomic E-state index is 14.8. The highest BCUT2D eigenvalue weighted by Gasteiger charge is 2.33. The molecule has 0 unspecified atom stereocenters. The molecule has 0 atom stereocenters. The maximum Gasteiger partial charge on any atom is 0.167 e. The third kappa shape index (κ3) is 18.9. The molecule has 0 heterocycles. The first kappa shape index (κ1) is 58.1. The SMILES string of the molecule is C=CC1CCC(C2CCC(CCCCC)CC2)CC1.C=CCCC1CCC(C2CCC(CCC)CC2)CC1.CCCCC1CCC(C2CCC(CCc3cc4ccc(OCC)cc4c(F)c3F)CC2)CC1. The number of benzene rings is 2. The molecular formula is C68H110F2O. The average molecular weight is 982 g/mol. The molecule has 0 bridgehead atoms. The van der Waals surface area contributed by atoms with Crippen molar-refractivity contribution < 1.29 is 13.5 Å². The highest BCUT2D eigenvalue weighted by molar-refractivity contribution is 5.85. The van der Waals surface area contributed by atoms with Gasteiger partial charge in [0.2, 0.25) is 0 Å². The second kappa shape index (κ2) is 32.3. The van der Waals surface area contributed by atoms with E-state index in [0.717, 1.165) is 76.9 Å². The van der Waals surface area contributed by atoms with Gasteiger partial charge in [-0.05, 0) is 223 Å². The van der Waals surface area contributed by atoms with Gasteiger partial charge in [0.05, 0.1) is 6.61 Å². The Bertz CT molecular complexity index is 1730. The normalized spacial score (nSPS) is 31.4. The molecule has 0 N–H and O–H groups in total. The van der Waals surface area contributed by atoms with Crippen molar-refractivity contribution >= 4 is 10.8 Å². The highest BCUT2D eigenvalue weighted by atomic mass is 19.2. The Hall–Kier alpha value is -2.16. The zero-order valence-corrected chi connectivity index (χ0v) is 46.8. The van der Waals surface area contributed by atoms with Gasteiger partial charge in [0.1, 0.15) is 5.75 Å². The van der Waals surface area contributed by atoms with Crippen molar-refractivity contribution in [3.63, 3.8) is 0 Å². The van der Waals surface area contributed by atoms with Crippen LogP contribution in [-0.4, -0.2) is 6.61 Å². The van der Waals surface area contributed by atoms with Crippen molar-refractivity contribution in [1.82, 2.24) is 0 Å². The van der Waals surface area contributed by atoms with Gasteiger partial charge in [-0.1, -0.05) is 161 Å². The van der Waals surface area contributed by atoms with Gasteiger partial charge in [0, 0.05) is 5.39 Å². The van der Waals surface area contributed by atoms with Gasteiger partial charge in [-0.2, -0.15) is 0 Å². The van der Waals surface area contributed by atoms with Gasteiger partial charge in [-0.15, -0.1) is 13.2 Å². The number of ether oxygens (including phenoxy) is 1. The molecule has 2 aromatic rings. The predicted molar refractivity (Wildman–Crippen MR) is 304 cm³/mol. The standard InChI is InChI=1S/C30H42F2O.2C19H34/c1-3-5-6-21-7-12-23(13-8-21)24-14-9-22(10-15-24)11-16-26-19-25-17-18-27(33-4-2)20-28(25)30(32)29(26)31;1-3-5-6-7-17-10-14-19(15-11-17)18-12-8-16(4-2)9-13-18;1-3-5-7-17-10-14-19(15-11-17)18-12-8-16(6-4-2)9-13-18/h17-24H,3-16H2,1-2H3;4,16-19H,2-3,5-15H2,1H3;3,16-19H,1,4-15H2,2H3. The Morgan fingerprint density at radius 2 is 0.901 bits per heavy atom. The second-order valence-corrected chi connectivity index (χ2v) is 25.1. The lowest BCUT2D eigenvalue weighted by molar-refractivity contribution is 0.140. The second-order valence-electron chi connectivity index (χ2n) is 25.1. The van der Waals surface area contributed by atoms with Gasteiger partial charge in [0.15, 0.2) is 11.6 Å². The van der Waals surface area contributed by atoms with E-state index in [2.05, 4.69) is 46.1 Å². The van der Waals surface area contributed by atoms with E-state index in [-0.39, 0.29) is 0 Å². The summed E-state index contributed by atoms with van der Waals surface area (Å²) in [5.41, 5.74) is 0.525. The molecule has 6 aliphatic carbocycles. The summed E-state index contributed by atoms with van der Waals surface area (Å²) >= 11 is 0. The summed E-state index contributed by atoms with van der Waals surface area (Å²) in [5, 5.41) is 1.07. The first-order chi connectivity index (χ1) is 34.7. The van der Waals surface area contributed by atoms with Crippen LogP contribution in [0.2, 0.25) is 0 Å². The Labute approximate surface area is 437 Å². The molecule has 6 fully saturated rings. The molecule has 0 radical (unpaired) electrons. The molecule has 6 saturated carbocycles. The minimum Gasteiger partial charge on any atom is -0.494 e. The zero-order valence-electron chi connectivity index (χ0n) is 46.8. The molecule has 8 rings (SSSR count). The van der Waals surface area contributed by atoms with Crippen molar-refractivity contribution in [1.29, 1.82) is 0 Å². The maximum absolute atomic E-state index is 14.8. The average Bonchev–Trinajstić information content (AvgIpc) is 3.42. The molecule has 0 saturated heterocycles. The largest absolute Gasteiger partial charge is 0.494 e. The van der Waals surface area contributed by atoms with Crippen molar-refractivity contribution in [2.45, 2.75) is 265 Å². The van der Waals surface area contributed by atoms with Gasteiger partial charge in [-0.25, -0.2) is 8.78 Å². The molecule has 0 spiro atoms. The van der Waals surface area contributed by atoms with Crippen LogP contribution in [0.4, 0.5) is 8.78 Å². The van der Waals surface area contributed by atoms with E-state index in [1.807, 2.05) is 25.1 Å². The van der Waals surface area contributed by atoms with Crippen LogP contribution < -0.4 is 4.74 Å². The van der Waals surface area contributed by atoms with Crippen LogP contribution in [0.25, 0.3) is 10.8 Å². The summed E-state index contributed by atoms with van der Waals surface area (Å²) in [5.74, 6) is 11.0. The van der Waals surface area contributed by atoms with Gasteiger partial charge >= 0.3 is 0 Å². The third-order valence-electron chi connectivity index (χ3n) is 20.5. The minimum atomic E-state index is -0.734. The van der Waals surface area contributed by atoms with Crippen LogP contribution in [-0.2, 0) is 6.42 Å². The summed E-state index contributed by atoms with van der Waals surface area (Å²) in [7, 11) is 0. The number of rotatable bonds is 21. The lowest BCUT2D eigenvalue weighted by atomic mass is 9.68. The van der Waals surface area contributed by atoms with Crippen molar-refractivity contribution in [2.24, 2.45) is 71.0 Å². The van der Waals surface area contributed by atoms with Crippen molar-refractivity contribution in [2.75, 3.05) is 6.61 Å². The third-order valence-corrected chi connectivity index (χ3v) is 20.5. The monoisotopic (exact) mass is 981 g/mol. The zero-order chi connectivity index (χ0) is 50.2. The highest BCUT2D eigenvalue weighted by Crippen LogP contribution is 2.46. The lowest BCUT2D eigenvalue weighted by Crippen LogP contribution is -2.26. The first-order valence-electron chi connectivity index (χ1n) is 31.5. The van der Waals surface area contributed by atoms with Gasteiger partial charge < -0.3 is 4.74 Å². The van der Waals surface area contributed by atoms with Crippen molar-refractivity contribution in [3.8, 4) is 5.75 Å². The van der Waals surface area contributed by atoms with E-state index >= 15 is 0 Å². The van der Waals surface area contributed by atoms with Crippen LogP contribution in [0, 0.1) is 82.6 Å². The summed E-state index contributed by atoms with van der Waals surface area (Å²) in [6.07, 6.45) is 56.6. The molecule has 0 aliphatic heterocycles. The van der Waals surface area contributed by atoms with Crippen LogP contribution >= 0.6 is 0 Å². The van der Waals surface area contributed by atoms with Gasteiger partial charge in [0.25, 0.3) is 0 Å². The predicted octanol–water partition coefficient (Wildman–Crippen LogP) is 22.0. The summed E-state index contributed by atoms with van der Waals surface area (Å²) in [6, 6.07) is 7.13. The molecule has 6 aliphatic rings. The Balaban J connectivity index is 0.000000186. The molecule has 2 aromatic carbocycles. The molecule has 402 valence electrons. The number of fused-ring (bicyclic) bond motifs is 1. The quantitative estimate of drug-likeness (QED) is 0.0895. The van der Waals surface area contributed by atoms with E-state index in [1.165, 1.54) is 199 Å². The van der Waals surface area contributed by atoms with E-state index in [4.69, 9.17) is 4.74 Å². The molecule has 0 amide bonds. The van der Waals surface area contributed by atoms with E-state index in [1.54, 1.807) is 31.7 Å². The Morgan fingerprint density at radius 1 is 0.465 bits per heavy atom. The number of hydrogen-bond donors (Lipinski definition) is 0. The fourth-order valence-electron chi connectivity index (χ4n) is 15.7. The van der Waals surface area contributed by atoms with Gasteiger partial charge in [-0.3, -0.25) is 0 Å². The summed E-state index contributed by atoms with van der Waals surface area (Å²) in [6.45, 7) is 17.2. The van der Waals surface area contributed by atoms with Crippen LogP contribution in [0.15, 0.2) is 49.6 Å². The van der Waals surface area contributed by atoms with E-state index < -0.39 is 11.6 Å². The lowest BCUT2D eigenvalue weighted by Gasteiger charge is -2.38. The van der Waals surface area contributed by atoms with E-state index in [0.29, 0.717) is 35.6 Å². The topological polar surface area (TPSA) is 9.23 Å². The number of unbranched alkanes of at least 4 members (excludes halogenated alkanes) is 3. The molecule has 1 nitrogen and oxygen atoms in total. The number of aryl methyl sites for hydroxylation is 1. The van der Waals surface area contributed by atoms with Crippen LogP contribution in [0.5, 0.6) is 5.75 Å². The first-order valence-corrected chi connectivity index (χ1v) is 31.5. The summed E-state index contributed by atoms with van der Waals surface area (Å²) in [4.78, 5) is 0. The van der Waals surface area contributed by atoms with Crippen LogP contribution in [0.3, 0.4) is 0 Å². The molecule has 3 heteroatoms. The minimum absolute atomic E-state index is 0.312. The smallest absolute Gasteiger partial charge is 0.167 e. The molecule has 0 aromatic heterocycles. The van der Waals surface area contributed by atoms with Crippen LogP contribution in [0.1, 0.15) is 264 Å². The number of allylic oxidation sites excluding steroid dienone is 2.